The summed E-state index contributed by atoms with van der Waals surface area (Å²) in [4.78, 5) is 12.0. The smallest absolute Gasteiger partial charge is 0.255 e. The Labute approximate surface area is 111 Å². The molecular weight excluding hydrogens is 240 g/mol. The molecule has 0 saturated carbocycles. The molecule has 1 heterocycles. The first kappa shape index (κ1) is 12.8. The van der Waals surface area contributed by atoms with E-state index in [0.717, 1.165) is 11.3 Å². The van der Waals surface area contributed by atoms with E-state index in [0.29, 0.717) is 11.1 Å². The molecule has 0 radical (unpaired) electrons. The lowest BCUT2D eigenvalue weighted by molar-refractivity contribution is 0.0939. The molecule has 1 aromatic heterocycles. The van der Waals surface area contributed by atoms with E-state index in [9.17, 15) is 4.79 Å². The lowest BCUT2D eigenvalue weighted by Crippen LogP contribution is -2.26. The number of carbonyl (C=O) groups is 1. The predicted molar refractivity (Wildman–Crippen MR) is 70.4 cm³/mol. The van der Waals surface area contributed by atoms with Crippen LogP contribution in [-0.4, -0.2) is 16.1 Å². The summed E-state index contributed by atoms with van der Waals surface area (Å²) in [7, 11) is 0. The minimum Gasteiger partial charge on any atom is -0.345 e. The molecule has 2 aromatic rings. The number of nitrogens with one attached hydrogen (secondary N) is 2. The van der Waals surface area contributed by atoms with Gasteiger partial charge in [0.15, 0.2) is 0 Å². The Morgan fingerprint density at radius 2 is 2.11 bits per heavy atom. The first-order valence-corrected chi connectivity index (χ1v) is 5.92. The quantitative estimate of drug-likeness (QED) is 0.879. The van der Waals surface area contributed by atoms with Crippen LogP contribution in [0.1, 0.15) is 40.1 Å². The molecule has 0 aliphatic carbocycles. The zero-order valence-corrected chi connectivity index (χ0v) is 10.8. The van der Waals surface area contributed by atoms with Gasteiger partial charge < -0.3 is 5.32 Å². The van der Waals surface area contributed by atoms with Crippen molar-refractivity contribution in [2.24, 2.45) is 0 Å². The summed E-state index contributed by atoms with van der Waals surface area (Å²) in [6.45, 7) is 3.70. The number of rotatable bonds is 3. The van der Waals surface area contributed by atoms with Gasteiger partial charge in [-0.15, -0.1) is 0 Å². The average molecular weight is 254 g/mol. The summed E-state index contributed by atoms with van der Waals surface area (Å²) in [5.74, 6) is -0.164. The number of aromatic amines is 1. The number of carbonyl (C=O) groups excluding carboxylic acids is 1. The zero-order chi connectivity index (χ0) is 13.8. The van der Waals surface area contributed by atoms with Crippen LogP contribution in [0.2, 0.25) is 0 Å². The highest BCUT2D eigenvalue weighted by Crippen LogP contribution is 2.14. The molecular formula is C14H14N4O. The molecule has 1 aromatic carbocycles. The number of nitriles is 1. The molecule has 0 aliphatic heterocycles. The van der Waals surface area contributed by atoms with Gasteiger partial charge in [-0.1, -0.05) is 12.1 Å². The highest BCUT2D eigenvalue weighted by atomic mass is 16.1. The largest absolute Gasteiger partial charge is 0.345 e. The zero-order valence-electron chi connectivity index (χ0n) is 10.8. The monoisotopic (exact) mass is 254 g/mol. The maximum atomic E-state index is 12.0. The van der Waals surface area contributed by atoms with Crippen molar-refractivity contribution in [1.29, 1.82) is 5.26 Å². The van der Waals surface area contributed by atoms with Crippen LogP contribution >= 0.6 is 0 Å². The molecule has 0 fully saturated rings. The first-order valence-electron chi connectivity index (χ1n) is 5.92. The molecule has 5 heteroatoms. The van der Waals surface area contributed by atoms with Crippen molar-refractivity contribution < 1.29 is 4.79 Å². The third-order valence-corrected chi connectivity index (χ3v) is 2.96. The summed E-state index contributed by atoms with van der Waals surface area (Å²) in [5, 5.41) is 18.2. The fourth-order valence-electron chi connectivity index (χ4n) is 1.78. The predicted octanol–water partition coefficient (Wildman–Crippen LogP) is 2.08. The number of benzene rings is 1. The maximum Gasteiger partial charge on any atom is 0.255 e. The first-order chi connectivity index (χ1) is 9.11. The highest BCUT2D eigenvalue weighted by molar-refractivity contribution is 5.95. The lowest BCUT2D eigenvalue weighted by atomic mass is 10.1. The molecule has 0 saturated heterocycles. The average Bonchev–Trinajstić information content (AvgIpc) is 2.85. The van der Waals surface area contributed by atoms with Gasteiger partial charge in [0, 0.05) is 5.69 Å². The molecule has 1 unspecified atom stereocenters. The van der Waals surface area contributed by atoms with Crippen molar-refractivity contribution in [3.63, 3.8) is 0 Å². The van der Waals surface area contributed by atoms with Crippen LogP contribution in [0.5, 0.6) is 0 Å². The van der Waals surface area contributed by atoms with Crippen molar-refractivity contribution in [1.82, 2.24) is 15.5 Å². The molecule has 96 valence electrons. The third kappa shape index (κ3) is 2.80. The van der Waals surface area contributed by atoms with Crippen molar-refractivity contribution in [2.75, 3.05) is 0 Å². The van der Waals surface area contributed by atoms with Gasteiger partial charge in [-0.2, -0.15) is 10.4 Å². The van der Waals surface area contributed by atoms with E-state index in [1.54, 1.807) is 19.1 Å². The fourth-order valence-corrected chi connectivity index (χ4v) is 1.78. The Bertz CT molecular complexity index is 622. The highest BCUT2D eigenvalue weighted by Gasteiger charge is 2.14. The topological polar surface area (TPSA) is 81.6 Å². The summed E-state index contributed by atoms with van der Waals surface area (Å²) in [6.07, 6.45) is 1.51. The van der Waals surface area contributed by atoms with Gasteiger partial charge in [0.1, 0.15) is 0 Å². The molecule has 1 amide bonds. The van der Waals surface area contributed by atoms with Crippen LogP contribution in [-0.2, 0) is 0 Å². The van der Waals surface area contributed by atoms with Crippen molar-refractivity contribution in [3.8, 4) is 6.07 Å². The van der Waals surface area contributed by atoms with E-state index in [2.05, 4.69) is 21.6 Å². The number of hydrogen-bond donors (Lipinski definition) is 2. The second-order valence-corrected chi connectivity index (χ2v) is 4.34. The third-order valence-electron chi connectivity index (χ3n) is 2.96. The molecule has 5 nitrogen and oxygen atoms in total. The number of amides is 1. The van der Waals surface area contributed by atoms with Crippen LogP contribution in [0.4, 0.5) is 0 Å². The van der Waals surface area contributed by atoms with Gasteiger partial charge >= 0.3 is 0 Å². The van der Waals surface area contributed by atoms with Crippen LogP contribution in [0, 0.1) is 18.3 Å². The summed E-state index contributed by atoms with van der Waals surface area (Å²) < 4.78 is 0. The lowest BCUT2D eigenvalue weighted by Gasteiger charge is -2.14. The number of hydrogen-bond acceptors (Lipinski definition) is 3. The van der Waals surface area contributed by atoms with Crippen molar-refractivity contribution in [3.05, 3.63) is 52.8 Å². The van der Waals surface area contributed by atoms with Crippen LogP contribution in [0.15, 0.2) is 30.5 Å². The Balaban J connectivity index is 2.08. The number of aromatic nitrogens is 2. The van der Waals surface area contributed by atoms with E-state index in [4.69, 9.17) is 5.26 Å². The van der Waals surface area contributed by atoms with Gasteiger partial charge in [0.25, 0.3) is 5.91 Å². The SMILES string of the molecule is Cc1[nH]ncc1C(=O)NC(C)c1ccc(C#N)cc1. The van der Waals surface area contributed by atoms with E-state index >= 15 is 0 Å². The molecule has 1 atom stereocenters. The second kappa shape index (κ2) is 5.36. The standard InChI is InChI=1S/C14H14N4O/c1-9(12-5-3-11(7-15)4-6-12)17-14(19)13-8-16-18-10(13)2/h3-6,8-9H,1-2H3,(H,16,18)(H,17,19). The normalized spacial score (nSPS) is 11.6. The maximum absolute atomic E-state index is 12.0. The van der Waals surface area contributed by atoms with Gasteiger partial charge in [0.05, 0.1) is 29.4 Å². The number of H-pyrrole nitrogens is 1. The Hall–Kier alpha value is -2.61. The van der Waals surface area contributed by atoms with E-state index < -0.39 is 0 Å². The van der Waals surface area contributed by atoms with Gasteiger partial charge in [-0.25, -0.2) is 0 Å². The number of aryl methyl sites for hydroxylation is 1. The fraction of sp³-hybridized carbons (Fsp3) is 0.214. The Kier molecular flexibility index (Phi) is 3.62. The van der Waals surface area contributed by atoms with E-state index in [-0.39, 0.29) is 11.9 Å². The van der Waals surface area contributed by atoms with E-state index in [1.165, 1.54) is 6.20 Å². The summed E-state index contributed by atoms with van der Waals surface area (Å²) in [6, 6.07) is 9.09. The molecule has 2 rings (SSSR count). The van der Waals surface area contributed by atoms with E-state index in [1.807, 2.05) is 19.1 Å². The van der Waals surface area contributed by atoms with Crippen molar-refractivity contribution >= 4 is 5.91 Å². The van der Waals surface area contributed by atoms with Gasteiger partial charge in [-0.3, -0.25) is 9.89 Å². The molecule has 0 aliphatic rings. The summed E-state index contributed by atoms with van der Waals surface area (Å²) in [5.41, 5.74) is 2.84. The minimum atomic E-state index is -0.164. The molecule has 0 spiro atoms. The molecule has 19 heavy (non-hydrogen) atoms. The summed E-state index contributed by atoms with van der Waals surface area (Å²) >= 11 is 0. The number of nitrogens with zero attached hydrogens (tertiary/aromatic N) is 2. The molecule has 0 bridgehead atoms. The van der Waals surface area contributed by atoms with Crippen LogP contribution in [0.3, 0.4) is 0 Å². The Morgan fingerprint density at radius 3 is 2.63 bits per heavy atom. The van der Waals surface area contributed by atoms with Gasteiger partial charge in [0.2, 0.25) is 0 Å². The van der Waals surface area contributed by atoms with Crippen LogP contribution < -0.4 is 5.32 Å². The van der Waals surface area contributed by atoms with Gasteiger partial charge in [-0.05, 0) is 31.5 Å². The van der Waals surface area contributed by atoms with Crippen LogP contribution in [0.25, 0.3) is 0 Å². The minimum absolute atomic E-state index is 0.130. The Morgan fingerprint density at radius 1 is 1.42 bits per heavy atom. The van der Waals surface area contributed by atoms with Crippen molar-refractivity contribution in [2.45, 2.75) is 19.9 Å². The second-order valence-electron chi connectivity index (χ2n) is 4.34. The molecule has 2 N–H and O–H groups in total.